The molecule has 1 aliphatic heterocycles. The van der Waals surface area contributed by atoms with Crippen LogP contribution in [-0.2, 0) is 5.41 Å². The van der Waals surface area contributed by atoms with Gasteiger partial charge < -0.3 is 9.47 Å². The summed E-state index contributed by atoms with van der Waals surface area (Å²) in [7, 11) is 0. The lowest BCUT2D eigenvalue weighted by atomic mass is 9.98. The van der Waals surface area contributed by atoms with Crippen molar-refractivity contribution in [2.75, 3.05) is 6.75 Å². The third kappa shape index (κ3) is 1.37. The molecule has 1 aromatic heterocycles. The maximum Gasteiger partial charge on any atom is 0.231 e. The van der Waals surface area contributed by atoms with Crippen LogP contribution in [-0.4, -0.2) is 11.7 Å². The van der Waals surface area contributed by atoms with E-state index in [1.807, 2.05) is 6.07 Å². The van der Waals surface area contributed by atoms with Crippen LogP contribution in [0.3, 0.4) is 0 Å². The van der Waals surface area contributed by atoms with Crippen LogP contribution in [0.5, 0.6) is 11.5 Å². The van der Waals surface area contributed by atoms with Gasteiger partial charge in [0.25, 0.3) is 0 Å². The Kier molecular flexibility index (Phi) is 1.53. The number of aromatic nitrogens is 1. The predicted molar refractivity (Wildman–Crippen MR) is 64.4 cm³/mol. The molecule has 2 aromatic rings. The lowest BCUT2D eigenvalue weighted by molar-refractivity contribution is 0.174. The molecule has 0 N–H and O–H groups in total. The number of fused-ring (bicyclic) bond motifs is 3. The first-order valence-corrected chi connectivity index (χ1v) is 5.90. The zero-order valence-electron chi connectivity index (χ0n) is 11.3. The molecule has 4 heteroatoms. The molecule has 0 amide bonds. The zero-order valence-corrected chi connectivity index (χ0v) is 10.1. The fourth-order valence-electron chi connectivity index (χ4n) is 1.56. The van der Waals surface area contributed by atoms with E-state index in [-0.39, 0.29) is 5.41 Å². The van der Waals surface area contributed by atoms with Crippen molar-refractivity contribution >= 4 is 21.6 Å². The van der Waals surface area contributed by atoms with E-state index in [1.54, 1.807) is 17.4 Å². The summed E-state index contributed by atoms with van der Waals surface area (Å²) in [6.07, 6.45) is 0. The van der Waals surface area contributed by atoms with Crippen molar-refractivity contribution in [2.45, 2.75) is 26.2 Å². The molecular weight excluding hydrogens is 222 g/mol. The topological polar surface area (TPSA) is 31.4 Å². The van der Waals surface area contributed by atoms with Crippen LogP contribution in [0.4, 0.5) is 0 Å². The van der Waals surface area contributed by atoms with Crippen LogP contribution in [0.15, 0.2) is 12.1 Å². The van der Waals surface area contributed by atoms with Gasteiger partial charge in [0.15, 0.2) is 11.5 Å². The van der Waals surface area contributed by atoms with E-state index in [4.69, 9.17) is 12.2 Å². The first kappa shape index (κ1) is 7.90. The maximum absolute atomic E-state index is 7.47. The highest BCUT2D eigenvalue weighted by Gasteiger charge is 2.23. The summed E-state index contributed by atoms with van der Waals surface area (Å²) in [6, 6.07) is 3.62. The predicted octanol–water partition coefficient (Wildman–Crippen LogP) is 3.32. The van der Waals surface area contributed by atoms with Crippen LogP contribution in [0.1, 0.15) is 28.5 Å². The molecule has 0 aliphatic carbocycles. The highest BCUT2D eigenvalue weighted by Crippen LogP contribution is 2.42. The van der Waals surface area contributed by atoms with Crippen molar-refractivity contribution in [3.05, 3.63) is 17.1 Å². The Labute approximate surface area is 101 Å². The molecule has 84 valence electrons. The van der Waals surface area contributed by atoms with E-state index in [9.17, 15) is 0 Å². The monoisotopic (exact) mass is 237 g/mol. The van der Waals surface area contributed by atoms with Gasteiger partial charge in [-0.2, -0.15) is 0 Å². The minimum absolute atomic E-state index is 0.0327. The van der Waals surface area contributed by atoms with E-state index in [0.29, 0.717) is 17.0 Å². The Morgan fingerprint density at radius 1 is 1.38 bits per heavy atom. The lowest BCUT2D eigenvalue weighted by Gasteiger charge is -2.13. The summed E-state index contributed by atoms with van der Waals surface area (Å²) in [6.45, 7) is 4.20. The second-order valence-electron chi connectivity index (χ2n) is 4.80. The number of nitrogens with zero attached hydrogens (tertiary/aromatic N) is 1. The Morgan fingerprint density at radius 2 is 2.19 bits per heavy atom. The van der Waals surface area contributed by atoms with E-state index in [1.165, 1.54) is 0 Å². The number of ether oxygens (including phenoxy) is 2. The van der Waals surface area contributed by atoms with Gasteiger partial charge in [-0.1, -0.05) is 20.8 Å². The van der Waals surface area contributed by atoms with Gasteiger partial charge in [-0.15, -0.1) is 11.3 Å². The van der Waals surface area contributed by atoms with Gasteiger partial charge >= 0.3 is 0 Å². The maximum atomic E-state index is 7.47. The molecule has 0 bridgehead atoms. The fraction of sp³-hybridized carbons (Fsp3) is 0.417. The van der Waals surface area contributed by atoms with Crippen molar-refractivity contribution in [3.8, 4) is 11.5 Å². The lowest BCUT2D eigenvalue weighted by Crippen LogP contribution is -2.09. The summed E-state index contributed by atoms with van der Waals surface area (Å²) >= 11 is 1.60. The molecule has 0 spiro atoms. The molecule has 16 heavy (non-hydrogen) atoms. The molecule has 0 saturated heterocycles. The molecule has 0 atom stereocenters. The third-order valence-corrected chi connectivity index (χ3v) is 3.86. The molecule has 0 unspecified atom stereocenters. The van der Waals surface area contributed by atoms with E-state index >= 15 is 0 Å². The van der Waals surface area contributed by atoms with Crippen molar-refractivity contribution in [1.29, 1.82) is 0 Å². The summed E-state index contributed by atoms with van der Waals surface area (Å²) < 4.78 is 26.2. The van der Waals surface area contributed by atoms with Crippen LogP contribution in [0, 0.1) is 0 Å². The number of hydrogen-bond donors (Lipinski definition) is 0. The fourth-order valence-corrected chi connectivity index (χ4v) is 2.58. The Hall–Kier alpha value is -1.29. The first-order chi connectivity index (χ1) is 8.26. The molecule has 0 fully saturated rings. The van der Waals surface area contributed by atoms with Crippen LogP contribution in [0.25, 0.3) is 10.2 Å². The standard InChI is InChI=1S/C12H13NO2S/c1-12(2,3)11-13-9-8(16-11)5-4-7-10(9)15-6-14-7/h4-5H,6H2,1-3H3/i6D2. The first-order valence-electron chi connectivity index (χ1n) is 6.08. The number of hydrogen-bond acceptors (Lipinski definition) is 4. The molecule has 1 aliphatic rings. The van der Waals surface area contributed by atoms with E-state index in [0.717, 1.165) is 9.71 Å². The summed E-state index contributed by atoms with van der Waals surface area (Å²) in [5.41, 5.74) is 0.651. The molecule has 1 aromatic carbocycles. The summed E-state index contributed by atoms with van der Waals surface area (Å²) in [4.78, 5) is 4.57. The molecule has 0 saturated carbocycles. The van der Waals surface area contributed by atoms with Gasteiger partial charge in [0.05, 0.1) is 9.71 Å². The number of rotatable bonds is 0. The van der Waals surface area contributed by atoms with Crippen LogP contribution in [0.2, 0.25) is 0 Å². The highest BCUT2D eigenvalue weighted by molar-refractivity contribution is 7.18. The van der Waals surface area contributed by atoms with Gasteiger partial charge in [-0.3, -0.25) is 0 Å². The molecule has 0 radical (unpaired) electrons. The molecular formula is C12H13NO2S. The quantitative estimate of drug-likeness (QED) is 0.704. The van der Waals surface area contributed by atoms with Crippen molar-refractivity contribution < 1.29 is 12.2 Å². The highest BCUT2D eigenvalue weighted by atomic mass is 32.1. The average Bonchev–Trinajstić information content (AvgIpc) is 2.74. The molecule has 3 rings (SSSR count). The summed E-state index contributed by atoms with van der Waals surface area (Å²) in [5, 5.41) is 1.00. The minimum Gasteiger partial charge on any atom is -0.454 e. The molecule has 3 nitrogen and oxygen atoms in total. The SMILES string of the molecule is [2H]C1([2H])Oc2ccc3sc(C(C)(C)C)nc3c2O1. The second-order valence-corrected chi connectivity index (χ2v) is 5.83. The van der Waals surface area contributed by atoms with E-state index < -0.39 is 6.75 Å². The normalized spacial score (nSPS) is 19.7. The van der Waals surface area contributed by atoms with Gasteiger partial charge in [-0.25, -0.2) is 4.98 Å². The minimum atomic E-state index is -2.10. The van der Waals surface area contributed by atoms with Gasteiger partial charge in [0.2, 0.25) is 6.75 Å². The summed E-state index contributed by atoms with van der Waals surface area (Å²) in [5.74, 6) is 0.822. The van der Waals surface area contributed by atoms with Crippen molar-refractivity contribution in [2.24, 2.45) is 0 Å². The van der Waals surface area contributed by atoms with E-state index in [2.05, 4.69) is 25.8 Å². The van der Waals surface area contributed by atoms with Crippen LogP contribution < -0.4 is 9.47 Å². The third-order valence-electron chi connectivity index (χ3n) is 2.42. The smallest absolute Gasteiger partial charge is 0.231 e. The Morgan fingerprint density at radius 3 is 2.94 bits per heavy atom. The Balaban J connectivity index is 2.20. The number of thiazole rings is 1. The van der Waals surface area contributed by atoms with Gasteiger partial charge in [0, 0.05) is 5.41 Å². The van der Waals surface area contributed by atoms with Crippen LogP contribution >= 0.6 is 11.3 Å². The van der Waals surface area contributed by atoms with Gasteiger partial charge in [-0.05, 0) is 12.1 Å². The number of benzene rings is 1. The Bertz CT molecular complexity index is 631. The zero-order chi connectivity index (χ0) is 13.1. The van der Waals surface area contributed by atoms with Crippen molar-refractivity contribution in [3.63, 3.8) is 0 Å². The second kappa shape index (κ2) is 3.10. The largest absolute Gasteiger partial charge is 0.454 e. The molecule has 2 heterocycles. The van der Waals surface area contributed by atoms with Crippen molar-refractivity contribution in [1.82, 2.24) is 4.98 Å². The average molecular weight is 237 g/mol. The van der Waals surface area contributed by atoms with Gasteiger partial charge in [0.1, 0.15) is 8.26 Å².